The Balaban J connectivity index is 2.22. The number of halogens is 3. The molecule has 0 aliphatic heterocycles. The molecule has 1 aromatic heterocycles. The molecule has 6 heteroatoms. The zero-order valence-electron chi connectivity index (χ0n) is 12.0. The molecule has 114 valence electrons. The quantitative estimate of drug-likeness (QED) is 0.513. The lowest BCUT2D eigenvalue weighted by atomic mass is 10.2. The zero-order valence-corrected chi connectivity index (χ0v) is 16.8. The highest BCUT2D eigenvalue weighted by atomic mass is 79.9. The molecule has 2 rings (SSSR count). The van der Waals surface area contributed by atoms with Crippen molar-refractivity contribution in [2.75, 3.05) is 0 Å². The first-order valence-corrected chi connectivity index (χ1v) is 9.52. The summed E-state index contributed by atoms with van der Waals surface area (Å²) in [6.07, 6.45) is 0.908. The lowest BCUT2D eigenvalue weighted by Gasteiger charge is -2.12. The van der Waals surface area contributed by atoms with Gasteiger partial charge in [0.05, 0.1) is 15.9 Å². The number of nitrogens with zero attached hydrogens (tertiary/aromatic N) is 2. The van der Waals surface area contributed by atoms with E-state index in [-0.39, 0.29) is 0 Å². The summed E-state index contributed by atoms with van der Waals surface area (Å²) in [5.41, 5.74) is 3.28. The Kier molecular flexibility index (Phi) is 6.32. The van der Waals surface area contributed by atoms with E-state index in [4.69, 9.17) is 4.74 Å². The molecule has 21 heavy (non-hydrogen) atoms. The molecule has 0 saturated heterocycles. The van der Waals surface area contributed by atoms with Gasteiger partial charge in [0.1, 0.15) is 12.4 Å². The second-order valence-electron chi connectivity index (χ2n) is 4.55. The summed E-state index contributed by atoms with van der Waals surface area (Å²) < 4.78 is 10.1. The number of alkyl halides is 1. The summed E-state index contributed by atoms with van der Waals surface area (Å²) in [7, 11) is 0. The summed E-state index contributed by atoms with van der Waals surface area (Å²) in [5.74, 6) is 0.892. The van der Waals surface area contributed by atoms with Crippen molar-refractivity contribution >= 4 is 47.8 Å². The van der Waals surface area contributed by atoms with Crippen LogP contribution in [0.4, 0.5) is 0 Å². The van der Waals surface area contributed by atoms with Crippen LogP contribution < -0.4 is 4.74 Å². The highest BCUT2D eigenvalue weighted by molar-refractivity contribution is 9.11. The number of rotatable bonds is 6. The summed E-state index contributed by atoms with van der Waals surface area (Å²) >= 11 is 10.6. The van der Waals surface area contributed by atoms with E-state index < -0.39 is 0 Å². The molecule has 0 N–H and O–H groups in total. The molecule has 1 heterocycles. The molecular weight excluding hydrogens is 464 g/mol. The summed E-state index contributed by atoms with van der Waals surface area (Å²) in [6, 6.07) is 6.04. The number of ether oxygens (including phenoxy) is 1. The van der Waals surface area contributed by atoms with Crippen LogP contribution in [0.2, 0.25) is 0 Å². The monoisotopic (exact) mass is 478 g/mol. The van der Waals surface area contributed by atoms with Gasteiger partial charge in [-0.15, -0.1) is 0 Å². The van der Waals surface area contributed by atoms with Gasteiger partial charge in [-0.3, -0.25) is 4.68 Å². The third-order valence-corrected chi connectivity index (χ3v) is 5.24. The number of hydrogen-bond donors (Lipinski definition) is 0. The molecular formula is C15H17Br3N2O. The molecule has 0 bridgehead atoms. The zero-order chi connectivity index (χ0) is 15.4. The molecule has 2 aromatic rings. The Bertz CT molecular complexity index is 626. The van der Waals surface area contributed by atoms with Crippen LogP contribution in [0, 0.1) is 0 Å². The van der Waals surface area contributed by atoms with Crippen LogP contribution in [0.25, 0.3) is 0 Å². The SMILES string of the molecule is CCc1nn(CC)c(COc2ccc(Br)cc2CBr)c1Br. The Morgan fingerprint density at radius 3 is 2.62 bits per heavy atom. The van der Waals surface area contributed by atoms with Gasteiger partial charge in [0.25, 0.3) is 0 Å². The maximum absolute atomic E-state index is 6.01. The number of aryl methyl sites for hydroxylation is 2. The highest BCUT2D eigenvalue weighted by Gasteiger charge is 2.15. The standard InChI is InChI=1S/C15H17Br3N2O/c1-3-12-15(18)13(20(4-2)19-12)9-21-14-6-5-11(17)7-10(14)8-16/h5-7H,3-4,8-9H2,1-2H3. The van der Waals surface area contributed by atoms with Crippen LogP contribution in [0.15, 0.2) is 27.1 Å². The highest BCUT2D eigenvalue weighted by Crippen LogP contribution is 2.28. The van der Waals surface area contributed by atoms with E-state index in [1.54, 1.807) is 0 Å². The van der Waals surface area contributed by atoms with Gasteiger partial charge in [-0.25, -0.2) is 0 Å². The van der Waals surface area contributed by atoms with Crippen molar-refractivity contribution in [2.24, 2.45) is 0 Å². The first kappa shape index (κ1) is 17.0. The van der Waals surface area contributed by atoms with Crippen molar-refractivity contribution in [1.82, 2.24) is 9.78 Å². The van der Waals surface area contributed by atoms with E-state index in [9.17, 15) is 0 Å². The van der Waals surface area contributed by atoms with Gasteiger partial charge in [0, 0.05) is 21.9 Å². The Morgan fingerprint density at radius 2 is 2.00 bits per heavy atom. The first-order chi connectivity index (χ1) is 10.1. The van der Waals surface area contributed by atoms with Crippen LogP contribution in [-0.2, 0) is 24.9 Å². The smallest absolute Gasteiger partial charge is 0.131 e. The second-order valence-corrected chi connectivity index (χ2v) is 6.82. The Morgan fingerprint density at radius 1 is 1.24 bits per heavy atom. The minimum absolute atomic E-state index is 0.503. The van der Waals surface area contributed by atoms with Crippen LogP contribution in [0.1, 0.15) is 30.8 Å². The maximum Gasteiger partial charge on any atom is 0.131 e. The molecule has 0 unspecified atom stereocenters. The summed E-state index contributed by atoms with van der Waals surface area (Å²) in [4.78, 5) is 0. The Hall–Kier alpha value is -0.330. The largest absolute Gasteiger partial charge is 0.487 e. The summed E-state index contributed by atoms with van der Waals surface area (Å²) in [5, 5.41) is 5.35. The number of benzene rings is 1. The van der Waals surface area contributed by atoms with Crippen molar-refractivity contribution in [3.05, 3.63) is 44.1 Å². The van der Waals surface area contributed by atoms with Crippen LogP contribution in [0.5, 0.6) is 5.75 Å². The minimum Gasteiger partial charge on any atom is -0.487 e. The normalized spacial score (nSPS) is 10.9. The average molecular weight is 481 g/mol. The topological polar surface area (TPSA) is 27.1 Å². The fraction of sp³-hybridized carbons (Fsp3) is 0.400. The van der Waals surface area contributed by atoms with Gasteiger partial charge < -0.3 is 4.74 Å². The lowest BCUT2D eigenvalue weighted by Crippen LogP contribution is -2.07. The molecule has 0 aliphatic rings. The van der Waals surface area contributed by atoms with E-state index >= 15 is 0 Å². The fourth-order valence-electron chi connectivity index (χ4n) is 2.09. The third kappa shape index (κ3) is 3.90. The Labute approximate surface area is 150 Å². The van der Waals surface area contributed by atoms with E-state index in [1.165, 1.54) is 0 Å². The predicted molar refractivity (Wildman–Crippen MR) is 96.1 cm³/mol. The fourth-order valence-corrected chi connectivity index (χ4v) is 3.62. The molecule has 3 nitrogen and oxygen atoms in total. The minimum atomic E-state index is 0.503. The number of hydrogen-bond acceptors (Lipinski definition) is 2. The molecule has 0 aliphatic carbocycles. The van der Waals surface area contributed by atoms with Gasteiger partial charge in [-0.2, -0.15) is 5.10 Å². The van der Waals surface area contributed by atoms with Crippen molar-refractivity contribution in [3.8, 4) is 5.75 Å². The molecule has 0 spiro atoms. The van der Waals surface area contributed by atoms with E-state index in [1.807, 2.05) is 16.8 Å². The first-order valence-electron chi connectivity index (χ1n) is 6.81. The van der Waals surface area contributed by atoms with E-state index in [0.717, 1.165) is 49.9 Å². The second kappa shape index (κ2) is 7.79. The molecule has 0 saturated carbocycles. The average Bonchev–Trinajstić information content (AvgIpc) is 2.81. The van der Waals surface area contributed by atoms with Gasteiger partial charge in [-0.1, -0.05) is 38.8 Å². The van der Waals surface area contributed by atoms with Gasteiger partial charge in [0.2, 0.25) is 0 Å². The van der Waals surface area contributed by atoms with Crippen molar-refractivity contribution in [2.45, 2.75) is 38.8 Å². The van der Waals surface area contributed by atoms with Gasteiger partial charge >= 0.3 is 0 Å². The van der Waals surface area contributed by atoms with Crippen LogP contribution >= 0.6 is 47.8 Å². The van der Waals surface area contributed by atoms with Crippen molar-refractivity contribution in [3.63, 3.8) is 0 Å². The van der Waals surface area contributed by atoms with Crippen LogP contribution in [0.3, 0.4) is 0 Å². The van der Waals surface area contributed by atoms with E-state index in [0.29, 0.717) is 6.61 Å². The van der Waals surface area contributed by atoms with Gasteiger partial charge in [0.15, 0.2) is 0 Å². The lowest BCUT2D eigenvalue weighted by molar-refractivity contribution is 0.289. The predicted octanol–water partition coefficient (Wildman–Crippen LogP) is 5.46. The maximum atomic E-state index is 6.01. The molecule has 0 atom stereocenters. The van der Waals surface area contributed by atoms with Crippen molar-refractivity contribution < 1.29 is 4.74 Å². The van der Waals surface area contributed by atoms with E-state index in [2.05, 4.69) is 72.8 Å². The van der Waals surface area contributed by atoms with Crippen LogP contribution in [-0.4, -0.2) is 9.78 Å². The number of aromatic nitrogens is 2. The summed E-state index contributed by atoms with van der Waals surface area (Å²) in [6.45, 7) is 5.54. The molecule has 0 fully saturated rings. The molecule has 0 radical (unpaired) electrons. The third-order valence-electron chi connectivity index (χ3n) is 3.23. The molecule has 0 amide bonds. The molecule has 1 aromatic carbocycles. The van der Waals surface area contributed by atoms with Crippen molar-refractivity contribution in [1.29, 1.82) is 0 Å². The van der Waals surface area contributed by atoms with Gasteiger partial charge in [-0.05, 0) is 47.5 Å².